The highest BCUT2D eigenvalue weighted by atomic mass is 19.1. The average molecular weight is 502 g/mol. The molecular weight excluding hydrogens is 473 g/mol. The van der Waals surface area contributed by atoms with Crippen LogP contribution in [0.3, 0.4) is 0 Å². The molecule has 0 aliphatic rings. The summed E-state index contributed by atoms with van der Waals surface area (Å²) in [5.74, 6) is 0.286. The molecule has 4 aromatic rings. The second-order valence-electron chi connectivity index (χ2n) is 8.93. The van der Waals surface area contributed by atoms with Crippen LogP contribution in [0.25, 0.3) is 11.3 Å². The molecule has 2 aromatic heterocycles. The summed E-state index contributed by atoms with van der Waals surface area (Å²) < 4.78 is 20.6. The molecule has 0 aliphatic heterocycles. The number of imidazole rings is 1. The minimum Gasteiger partial charge on any atom is -0.457 e. The van der Waals surface area contributed by atoms with Crippen LogP contribution in [-0.4, -0.2) is 32.4 Å². The molecule has 4 rings (SSSR count). The Labute approximate surface area is 214 Å². The molecule has 190 valence electrons. The summed E-state index contributed by atoms with van der Waals surface area (Å²) in [7, 11) is 1.84. The number of rotatable bonds is 9. The van der Waals surface area contributed by atoms with Crippen molar-refractivity contribution in [1.82, 2.24) is 19.9 Å². The molecule has 1 atom stereocenters. The molecule has 0 radical (unpaired) electrons. The number of carbonyl (C=O) groups is 2. The van der Waals surface area contributed by atoms with E-state index in [9.17, 15) is 14.0 Å². The molecule has 9 heteroatoms. The first-order chi connectivity index (χ1) is 17.8. The minimum absolute atomic E-state index is 0.222. The van der Waals surface area contributed by atoms with E-state index >= 15 is 0 Å². The van der Waals surface area contributed by atoms with E-state index in [4.69, 9.17) is 4.74 Å². The van der Waals surface area contributed by atoms with Crippen LogP contribution in [-0.2, 0) is 23.1 Å². The number of benzene rings is 2. The number of aryl methyl sites for hydroxylation is 1. The monoisotopic (exact) mass is 501 g/mol. The predicted molar refractivity (Wildman–Crippen MR) is 138 cm³/mol. The highest BCUT2D eigenvalue weighted by molar-refractivity contribution is 5.97. The maximum atomic E-state index is 13.1. The number of ether oxygens (including phenoxy) is 1. The largest absolute Gasteiger partial charge is 0.457 e. The van der Waals surface area contributed by atoms with E-state index in [1.165, 1.54) is 12.1 Å². The van der Waals surface area contributed by atoms with E-state index in [1.54, 1.807) is 61.1 Å². The Morgan fingerprint density at radius 2 is 1.65 bits per heavy atom. The number of nitrogens with zero attached hydrogens (tertiary/aromatic N) is 3. The lowest BCUT2D eigenvalue weighted by atomic mass is 10.1. The summed E-state index contributed by atoms with van der Waals surface area (Å²) in [4.78, 5) is 34.3. The molecule has 0 aliphatic carbocycles. The van der Waals surface area contributed by atoms with Crippen molar-refractivity contribution in [2.45, 2.75) is 26.3 Å². The smallest absolute Gasteiger partial charge is 0.248 e. The van der Waals surface area contributed by atoms with Crippen molar-refractivity contribution in [3.63, 3.8) is 0 Å². The van der Waals surface area contributed by atoms with Gasteiger partial charge < -0.3 is 19.9 Å². The van der Waals surface area contributed by atoms with E-state index in [1.807, 2.05) is 31.4 Å². The minimum atomic E-state index is -0.807. The molecule has 0 spiro atoms. The lowest BCUT2D eigenvalue weighted by molar-refractivity contribution is -0.128. The average Bonchev–Trinajstić information content (AvgIpc) is 3.30. The maximum absolute atomic E-state index is 13.1. The van der Waals surface area contributed by atoms with Crippen molar-refractivity contribution in [3.8, 4) is 22.8 Å². The van der Waals surface area contributed by atoms with Gasteiger partial charge in [0.2, 0.25) is 11.8 Å². The second-order valence-corrected chi connectivity index (χ2v) is 8.93. The quantitative estimate of drug-likeness (QED) is 0.345. The van der Waals surface area contributed by atoms with Crippen molar-refractivity contribution >= 4 is 17.6 Å². The Morgan fingerprint density at radius 3 is 2.27 bits per heavy atom. The normalized spacial score (nSPS) is 11.7. The van der Waals surface area contributed by atoms with Gasteiger partial charge in [0.05, 0.1) is 17.7 Å². The van der Waals surface area contributed by atoms with E-state index in [0.717, 1.165) is 5.56 Å². The van der Waals surface area contributed by atoms with Gasteiger partial charge in [-0.2, -0.15) is 0 Å². The van der Waals surface area contributed by atoms with Crippen molar-refractivity contribution in [2.75, 3.05) is 5.32 Å². The molecule has 2 N–H and O–H groups in total. The van der Waals surface area contributed by atoms with E-state index < -0.39 is 6.04 Å². The molecule has 1 unspecified atom stereocenters. The molecule has 37 heavy (non-hydrogen) atoms. The van der Waals surface area contributed by atoms with E-state index in [0.29, 0.717) is 28.7 Å². The van der Waals surface area contributed by atoms with Crippen molar-refractivity contribution < 1.29 is 18.7 Å². The van der Waals surface area contributed by atoms with Crippen molar-refractivity contribution in [2.24, 2.45) is 13.0 Å². The number of hydrogen-bond acceptors (Lipinski definition) is 5. The Morgan fingerprint density at radius 1 is 0.973 bits per heavy atom. The summed E-state index contributed by atoms with van der Waals surface area (Å²) in [5.41, 5.74) is 2.16. The number of nitrogens with one attached hydrogen (secondary N) is 2. The first kappa shape index (κ1) is 25.6. The lowest BCUT2D eigenvalue weighted by Gasteiger charge is -2.19. The Balaban J connectivity index is 1.46. The molecule has 2 heterocycles. The fourth-order valence-electron chi connectivity index (χ4n) is 3.54. The number of anilines is 1. The molecular formula is C28H28FN5O3. The van der Waals surface area contributed by atoms with Crippen LogP contribution in [0, 0.1) is 11.7 Å². The number of carbonyl (C=O) groups excluding carboxylic acids is 2. The van der Waals surface area contributed by atoms with Crippen molar-refractivity contribution in [1.29, 1.82) is 0 Å². The third-order valence-corrected chi connectivity index (χ3v) is 5.53. The molecule has 2 aromatic carbocycles. The number of pyridine rings is 1. The zero-order valence-electron chi connectivity index (χ0n) is 20.8. The van der Waals surface area contributed by atoms with Gasteiger partial charge in [0, 0.05) is 31.1 Å². The lowest BCUT2D eigenvalue weighted by Crippen LogP contribution is -2.46. The fourth-order valence-corrected chi connectivity index (χ4v) is 3.54. The standard InChI is InChI=1S/C28H28FN5O3/c1-18(2)27(35)32-25(15-21-16-34(3)17-30-21)28(36)33-26-6-4-5-24(31-26)19-7-11-22(12-8-19)37-23-13-9-20(29)10-14-23/h4-14,16-18,25H,15H2,1-3H3,(H,32,35)(H,31,33,36). The third-order valence-electron chi connectivity index (χ3n) is 5.53. The number of halogens is 1. The molecule has 0 saturated carbocycles. The van der Waals surface area contributed by atoms with E-state index in [-0.39, 0.29) is 30.0 Å². The first-order valence-electron chi connectivity index (χ1n) is 11.9. The summed E-state index contributed by atoms with van der Waals surface area (Å²) in [6.45, 7) is 3.54. The van der Waals surface area contributed by atoms with Gasteiger partial charge in [0.25, 0.3) is 0 Å². The topological polar surface area (TPSA) is 98.1 Å². The summed E-state index contributed by atoms with van der Waals surface area (Å²) in [6, 6.07) is 17.6. The van der Waals surface area contributed by atoms with Crippen molar-refractivity contribution in [3.05, 3.63) is 90.8 Å². The fraction of sp³-hybridized carbons (Fsp3) is 0.214. The van der Waals surface area contributed by atoms with Crippen LogP contribution >= 0.6 is 0 Å². The zero-order valence-corrected chi connectivity index (χ0v) is 20.8. The summed E-state index contributed by atoms with van der Waals surface area (Å²) in [5, 5.41) is 5.62. The molecule has 8 nitrogen and oxygen atoms in total. The zero-order chi connectivity index (χ0) is 26.4. The van der Waals surface area contributed by atoms with Gasteiger partial charge >= 0.3 is 0 Å². The molecule has 0 fully saturated rings. The first-order valence-corrected chi connectivity index (χ1v) is 11.9. The van der Waals surface area contributed by atoms with Crippen LogP contribution in [0.2, 0.25) is 0 Å². The van der Waals surface area contributed by atoms with Gasteiger partial charge in [-0.1, -0.05) is 19.9 Å². The molecule has 0 bridgehead atoms. The molecule has 2 amide bonds. The Kier molecular flexibility index (Phi) is 7.92. The third kappa shape index (κ3) is 7.00. The predicted octanol–water partition coefficient (Wildman–Crippen LogP) is 4.74. The van der Waals surface area contributed by atoms with Gasteiger partial charge in [-0.3, -0.25) is 9.59 Å². The number of aromatic nitrogens is 3. The van der Waals surface area contributed by atoms with Gasteiger partial charge in [-0.15, -0.1) is 0 Å². The number of hydrogen-bond donors (Lipinski definition) is 2. The molecule has 0 saturated heterocycles. The maximum Gasteiger partial charge on any atom is 0.248 e. The van der Waals surface area contributed by atoms with Crippen LogP contribution in [0.1, 0.15) is 19.5 Å². The Bertz CT molecular complexity index is 1370. The van der Waals surface area contributed by atoms with Crippen LogP contribution in [0.15, 0.2) is 79.3 Å². The van der Waals surface area contributed by atoms with Gasteiger partial charge in [-0.25, -0.2) is 14.4 Å². The highest BCUT2D eigenvalue weighted by Crippen LogP contribution is 2.26. The highest BCUT2D eigenvalue weighted by Gasteiger charge is 2.24. The van der Waals surface area contributed by atoms with Crippen LogP contribution in [0.5, 0.6) is 11.5 Å². The van der Waals surface area contributed by atoms with E-state index in [2.05, 4.69) is 20.6 Å². The van der Waals surface area contributed by atoms with Gasteiger partial charge in [0.1, 0.15) is 29.2 Å². The SMILES string of the molecule is CC(C)C(=O)NC(Cc1cn(C)cn1)C(=O)Nc1cccc(-c2ccc(Oc3ccc(F)cc3)cc2)n1. The van der Waals surface area contributed by atoms with Crippen LogP contribution in [0.4, 0.5) is 10.2 Å². The van der Waals surface area contributed by atoms with Gasteiger partial charge in [0.15, 0.2) is 0 Å². The second kappa shape index (κ2) is 11.5. The Hall–Kier alpha value is -4.53. The summed E-state index contributed by atoms with van der Waals surface area (Å²) in [6.07, 6.45) is 3.71. The van der Waals surface area contributed by atoms with Gasteiger partial charge in [-0.05, 0) is 60.7 Å². The summed E-state index contributed by atoms with van der Waals surface area (Å²) >= 11 is 0. The van der Waals surface area contributed by atoms with Crippen LogP contribution < -0.4 is 15.4 Å². The number of amides is 2.